The number of halogens is 3. The summed E-state index contributed by atoms with van der Waals surface area (Å²) in [5.74, 6) is 0.195. The van der Waals surface area contributed by atoms with Crippen molar-refractivity contribution in [2.45, 2.75) is 31.6 Å². The lowest BCUT2D eigenvalue weighted by molar-refractivity contribution is 0.141. The molecule has 0 N–H and O–H groups in total. The highest BCUT2D eigenvalue weighted by Gasteiger charge is 2.51. The van der Waals surface area contributed by atoms with Gasteiger partial charge in [-0.3, -0.25) is 4.68 Å². The highest BCUT2D eigenvalue weighted by Crippen LogP contribution is 2.53. The Labute approximate surface area is 141 Å². The van der Waals surface area contributed by atoms with E-state index < -0.39 is 11.8 Å². The highest BCUT2D eigenvalue weighted by atomic mass is 19.3. The number of hydrogen-bond acceptors (Lipinski definition) is 4. The third kappa shape index (κ3) is 2.52. The van der Waals surface area contributed by atoms with Gasteiger partial charge in [-0.2, -0.15) is 10.1 Å². The minimum absolute atomic E-state index is 0.0813. The molecule has 0 amide bonds. The van der Waals surface area contributed by atoms with Crippen molar-refractivity contribution in [1.29, 1.82) is 0 Å². The van der Waals surface area contributed by atoms with E-state index in [-0.39, 0.29) is 23.1 Å². The lowest BCUT2D eigenvalue weighted by atomic mass is 9.91. The molecular formula is C17H15F3N4O. The molecule has 5 nitrogen and oxygen atoms in total. The first-order valence-corrected chi connectivity index (χ1v) is 7.84. The van der Waals surface area contributed by atoms with Crippen LogP contribution in [0.5, 0.6) is 0 Å². The average Bonchev–Trinajstić information content (AvgIpc) is 3.03. The molecule has 0 bridgehead atoms. The monoisotopic (exact) mass is 348 g/mol. The van der Waals surface area contributed by atoms with Crippen LogP contribution >= 0.6 is 0 Å². The third-order valence-corrected chi connectivity index (χ3v) is 4.68. The van der Waals surface area contributed by atoms with E-state index in [0.717, 1.165) is 28.7 Å². The number of aryl methyl sites for hydroxylation is 2. The van der Waals surface area contributed by atoms with E-state index in [1.807, 2.05) is 6.92 Å². The molecule has 4 rings (SSSR count). The van der Waals surface area contributed by atoms with Gasteiger partial charge in [0.15, 0.2) is 11.5 Å². The van der Waals surface area contributed by atoms with Gasteiger partial charge in [0.1, 0.15) is 11.5 Å². The molecule has 2 aromatic heterocycles. The van der Waals surface area contributed by atoms with Gasteiger partial charge in [0.2, 0.25) is 0 Å². The molecule has 1 aromatic carbocycles. The van der Waals surface area contributed by atoms with Crippen LogP contribution in [0.3, 0.4) is 0 Å². The van der Waals surface area contributed by atoms with Crippen LogP contribution in [0.4, 0.5) is 13.2 Å². The largest absolute Gasteiger partial charge is 0.332 e. The molecule has 3 aromatic rings. The Bertz CT molecular complexity index is 943. The third-order valence-electron chi connectivity index (χ3n) is 4.68. The van der Waals surface area contributed by atoms with Crippen LogP contribution in [-0.2, 0) is 12.5 Å². The van der Waals surface area contributed by atoms with E-state index in [9.17, 15) is 13.2 Å². The second-order valence-electron chi connectivity index (χ2n) is 6.34. The van der Waals surface area contributed by atoms with Gasteiger partial charge in [0, 0.05) is 7.05 Å². The summed E-state index contributed by atoms with van der Waals surface area (Å²) in [6.07, 6.45) is -1.08. The molecule has 0 atom stereocenters. The zero-order valence-electron chi connectivity index (χ0n) is 13.6. The lowest BCUT2D eigenvalue weighted by Crippen LogP contribution is -2.13. The topological polar surface area (TPSA) is 56.7 Å². The van der Waals surface area contributed by atoms with Crippen molar-refractivity contribution in [3.05, 3.63) is 52.7 Å². The Balaban J connectivity index is 1.72. The predicted molar refractivity (Wildman–Crippen MR) is 82.6 cm³/mol. The van der Waals surface area contributed by atoms with Crippen LogP contribution in [0.1, 0.15) is 41.9 Å². The van der Waals surface area contributed by atoms with Crippen molar-refractivity contribution in [2.24, 2.45) is 7.05 Å². The van der Waals surface area contributed by atoms with Gasteiger partial charge in [-0.25, -0.2) is 13.2 Å². The summed E-state index contributed by atoms with van der Waals surface area (Å²) < 4.78 is 45.8. The molecule has 1 fully saturated rings. The number of aromatic nitrogens is 4. The number of nitrogens with zero attached hydrogens (tertiary/aromatic N) is 4. The van der Waals surface area contributed by atoms with Gasteiger partial charge in [0.25, 0.3) is 12.3 Å². The molecule has 0 radical (unpaired) electrons. The molecular weight excluding hydrogens is 333 g/mol. The van der Waals surface area contributed by atoms with E-state index in [4.69, 9.17) is 4.52 Å². The Hall–Kier alpha value is -2.64. The van der Waals surface area contributed by atoms with Crippen molar-refractivity contribution >= 4 is 0 Å². The molecule has 1 aliphatic carbocycles. The first-order valence-electron chi connectivity index (χ1n) is 7.84. The second-order valence-corrected chi connectivity index (χ2v) is 6.34. The van der Waals surface area contributed by atoms with Gasteiger partial charge < -0.3 is 4.52 Å². The molecule has 1 saturated carbocycles. The van der Waals surface area contributed by atoms with E-state index in [1.54, 1.807) is 6.07 Å². The van der Waals surface area contributed by atoms with Crippen molar-refractivity contribution in [2.75, 3.05) is 0 Å². The van der Waals surface area contributed by atoms with Crippen LogP contribution in [0, 0.1) is 12.7 Å². The van der Waals surface area contributed by atoms with E-state index >= 15 is 0 Å². The number of alkyl halides is 2. The van der Waals surface area contributed by atoms with Crippen LogP contribution in [0.25, 0.3) is 11.6 Å². The van der Waals surface area contributed by atoms with Crippen LogP contribution in [-0.4, -0.2) is 19.9 Å². The van der Waals surface area contributed by atoms with Gasteiger partial charge in [-0.1, -0.05) is 11.2 Å². The smallest absolute Gasteiger partial charge is 0.280 e. The maximum absolute atomic E-state index is 13.7. The lowest BCUT2D eigenvalue weighted by Gasteiger charge is -2.14. The first kappa shape index (κ1) is 15.9. The standard InChI is InChI=1S/C17H15F3N4O/c1-9-3-4-10(18)7-11(9)17(5-6-17)16-21-15(25-23-16)12-8-13(14(19)20)24(2)22-12/h3-4,7-8,14H,5-6H2,1-2H3. The average molecular weight is 348 g/mol. The van der Waals surface area contributed by atoms with Gasteiger partial charge in [-0.15, -0.1) is 0 Å². The normalized spacial score (nSPS) is 15.8. The molecule has 0 spiro atoms. The van der Waals surface area contributed by atoms with E-state index in [0.29, 0.717) is 5.82 Å². The minimum atomic E-state index is -2.64. The summed E-state index contributed by atoms with van der Waals surface area (Å²) in [4.78, 5) is 4.35. The summed E-state index contributed by atoms with van der Waals surface area (Å²) in [5.41, 5.74) is 1.27. The molecule has 130 valence electrons. The molecule has 25 heavy (non-hydrogen) atoms. The fraction of sp³-hybridized carbons (Fsp3) is 0.353. The molecule has 8 heteroatoms. The Morgan fingerprint density at radius 1 is 1.24 bits per heavy atom. The number of rotatable bonds is 4. The summed E-state index contributed by atoms with van der Waals surface area (Å²) >= 11 is 0. The quantitative estimate of drug-likeness (QED) is 0.717. The van der Waals surface area contributed by atoms with Crippen molar-refractivity contribution in [3.8, 4) is 11.6 Å². The van der Waals surface area contributed by atoms with Gasteiger partial charge in [0.05, 0.1) is 5.41 Å². The van der Waals surface area contributed by atoms with Crippen LogP contribution in [0.2, 0.25) is 0 Å². The minimum Gasteiger partial charge on any atom is -0.332 e. The Morgan fingerprint density at radius 3 is 2.64 bits per heavy atom. The molecule has 0 saturated heterocycles. The predicted octanol–water partition coefficient (Wildman–Crippen LogP) is 3.94. The maximum Gasteiger partial charge on any atom is 0.280 e. The number of hydrogen-bond donors (Lipinski definition) is 0. The first-order chi connectivity index (χ1) is 11.9. The highest BCUT2D eigenvalue weighted by molar-refractivity contribution is 5.50. The summed E-state index contributed by atoms with van der Waals surface area (Å²) in [6.45, 7) is 1.91. The van der Waals surface area contributed by atoms with Crippen molar-refractivity contribution < 1.29 is 17.7 Å². The van der Waals surface area contributed by atoms with E-state index in [2.05, 4.69) is 15.2 Å². The Kier molecular flexibility index (Phi) is 3.45. The van der Waals surface area contributed by atoms with Crippen molar-refractivity contribution in [3.63, 3.8) is 0 Å². The molecule has 0 aliphatic heterocycles. The second kappa shape index (κ2) is 5.44. The van der Waals surface area contributed by atoms with E-state index in [1.165, 1.54) is 25.2 Å². The Morgan fingerprint density at radius 2 is 2.00 bits per heavy atom. The van der Waals surface area contributed by atoms with Crippen LogP contribution < -0.4 is 0 Å². The summed E-state index contributed by atoms with van der Waals surface area (Å²) in [5, 5.41) is 8.02. The molecule has 1 aliphatic rings. The fourth-order valence-electron chi connectivity index (χ4n) is 3.16. The van der Waals surface area contributed by atoms with Gasteiger partial charge >= 0.3 is 0 Å². The van der Waals surface area contributed by atoms with Gasteiger partial charge in [-0.05, 0) is 49.1 Å². The van der Waals surface area contributed by atoms with Crippen LogP contribution in [0.15, 0.2) is 28.8 Å². The maximum atomic E-state index is 13.7. The fourth-order valence-corrected chi connectivity index (χ4v) is 3.16. The summed E-state index contributed by atoms with van der Waals surface area (Å²) in [6, 6.07) is 5.86. The zero-order chi connectivity index (χ0) is 17.8. The molecule has 0 unspecified atom stereocenters. The SMILES string of the molecule is Cc1ccc(F)cc1C1(c2noc(-c3cc(C(F)F)n(C)n3)n2)CC1. The molecule has 2 heterocycles. The zero-order valence-corrected chi connectivity index (χ0v) is 13.6. The summed E-state index contributed by atoms with van der Waals surface area (Å²) in [7, 11) is 1.43. The number of benzene rings is 1. The van der Waals surface area contributed by atoms with Crippen molar-refractivity contribution in [1.82, 2.24) is 19.9 Å².